The molecule has 1 atom stereocenters. The van der Waals surface area contributed by atoms with E-state index in [0.717, 1.165) is 10.0 Å². The Bertz CT molecular complexity index is 686. The molecule has 0 spiro atoms. The van der Waals surface area contributed by atoms with E-state index in [0.29, 0.717) is 11.3 Å². The molecule has 22 heavy (non-hydrogen) atoms. The number of rotatable bonds is 4. The number of amides is 3. The second kappa shape index (κ2) is 7.09. The first-order valence-corrected chi connectivity index (χ1v) is 7.48. The zero-order chi connectivity index (χ0) is 16.1. The number of carbonyl (C=O) groups excluding carboxylic acids is 2. The summed E-state index contributed by atoms with van der Waals surface area (Å²) >= 11 is 3.38. The topological polar surface area (TPSA) is 84.2 Å². The molecule has 0 saturated heterocycles. The van der Waals surface area contributed by atoms with Crippen LogP contribution in [0, 0.1) is 0 Å². The van der Waals surface area contributed by atoms with Crippen molar-refractivity contribution in [3.05, 3.63) is 64.1 Å². The van der Waals surface area contributed by atoms with Gasteiger partial charge in [-0.2, -0.15) is 0 Å². The molecule has 114 valence electrons. The SMILES string of the molecule is CC(NC(=O)c1cccc(NC(N)=O)c1)c1ccc(Br)cc1. The maximum atomic E-state index is 12.3. The van der Waals surface area contributed by atoms with Gasteiger partial charge in [-0.05, 0) is 42.8 Å². The molecule has 6 heteroatoms. The molecule has 0 saturated carbocycles. The van der Waals surface area contributed by atoms with Crippen molar-refractivity contribution >= 4 is 33.6 Å². The molecule has 0 aliphatic heterocycles. The van der Waals surface area contributed by atoms with Gasteiger partial charge in [0.1, 0.15) is 0 Å². The molecule has 0 fully saturated rings. The second-order valence-corrected chi connectivity index (χ2v) is 5.73. The van der Waals surface area contributed by atoms with Crippen LogP contribution in [0.15, 0.2) is 53.0 Å². The van der Waals surface area contributed by atoms with E-state index in [1.165, 1.54) is 0 Å². The van der Waals surface area contributed by atoms with E-state index >= 15 is 0 Å². The Labute approximate surface area is 137 Å². The second-order valence-electron chi connectivity index (χ2n) is 4.82. The van der Waals surface area contributed by atoms with Gasteiger partial charge in [-0.15, -0.1) is 0 Å². The third-order valence-corrected chi connectivity index (χ3v) is 3.64. The summed E-state index contributed by atoms with van der Waals surface area (Å²) in [7, 11) is 0. The number of nitrogens with two attached hydrogens (primary N) is 1. The Hall–Kier alpha value is -2.34. The van der Waals surface area contributed by atoms with E-state index in [1.807, 2.05) is 31.2 Å². The summed E-state index contributed by atoms with van der Waals surface area (Å²) in [6.45, 7) is 1.91. The number of urea groups is 1. The highest BCUT2D eigenvalue weighted by Crippen LogP contribution is 2.17. The van der Waals surface area contributed by atoms with Crippen molar-refractivity contribution in [2.24, 2.45) is 5.73 Å². The number of benzene rings is 2. The Kier molecular flexibility index (Phi) is 5.16. The molecule has 0 radical (unpaired) electrons. The van der Waals surface area contributed by atoms with Crippen molar-refractivity contribution in [2.75, 3.05) is 5.32 Å². The van der Waals surface area contributed by atoms with Crippen LogP contribution in [0.2, 0.25) is 0 Å². The van der Waals surface area contributed by atoms with Crippen molar-refractivity contribution in [1.82, 2.24) is 5.32 Å². The molecular weight excluding hydrogens is 346 g/mol. The fraction of sp³-hybridized carbons (Fsp3) is 0.125. The van der Waals surface area contributed by atoms with E-state index in [4.69, 9.17) is 5.73 Å². The molecular formula is C16H16BrN3O2. The van der Waals surface area contributed by atoms with Crippen LogP contribution in [0.1, 0.15) is 28.9 Å². The van der Waals surface area contributed by atoms with Gasteiger partial charge in [-0.1, -0.05) is 34.1 Å². The van der Waals surface area contributed by atoms with Gasteiger partial charge < -0.3 is 16.4 Å². The third kappa shape index (κ3) is 4.33. The lowest BCUT2D eigenvalue weighted by Crippen LogP contribution is -2.27. The highest BCUT2D eigenvalue weighted by Gasteiger charge is 2.12. The largest absolute Gasteiger partial charge is 0.351 e. The molecule has 1 unspecified atom stereocenters. The standard InChI is InChI=1S/C16H16BrN3O2/c1-10(11-5-7-13(17)8-6-11)19-15(21)12-3-2-4-14(9-12)20-16(18)22/h2-10H,1H3,(H,19,21)(H3,18,20,22). The first kappa shape index (κ1) is 16.0. The summed E-state index contributed by atoms with van der Waals surface area (Å²) in [6, 6.07) is 13.5. The van der Waals surface area contributed by atoms with E-state index < -0.39 is 6.03 Å². The quantitative estimate of drug-likeness (QED) is 0.779. The minimum Gasteiger partial charge on any atom is -0.351 e. The number of primary amides is 1. The molecule has 3 amide bonds. The van der Waals surface area contributed by atoms with Crippen LogP contribution >= 0.6 is 15.9 Å². The average molecular weight is 362 g/mol. The van der Waals surface area contributed by atoms with E-state index in [2.05, 4.69) is 26.6 Å². The molecule has 0 heterocycles. The first-order valence-electron chi connectivity index (χ1n) is 6.68. The van der Waals surface area contributed by atoms with Crippen molar-refractivity contribution < 1.29 is 9.59 Å². The average Bonchev–Trinajstić information content (AvgIpc) is 2.47. The summed E-state index contributed by atoms with van der Waals surface area (Å²) in [5, 5.41) is 5.36. The maximum absolute atomic E-state index is 12.3. The summed E-state index contributed by atoms with van der Waals surface area (Å²) in [5.74, 6) is -0.219. The maximum Gasteiger partial charge on any atom is 0.316 e. The highest BCUT2D eigenvalue weighted by atomic mass is 79.9. The van der Waals surface area contributed by atoms with E-state index in [-0.39, 0.29) is 11.9 Å². The molecule has 0 aliphatic carbocycles. The fourth-order valence-corrected chi connectivity index (χ4v) is 2.26. The zero-order valence-corrected chi connectivity index (χ0v) is 13.6. The molecule has 2 aromatic rings. The predicted molar refractivity (Wildman–Crippen MR) is 89.7 cm³/mol. The van der Waals surface area contributed by atoms with Crippen molar-refractivity contribution in [3.8, 4) is 0 Å². The third-order valence-electron chi connectivity index (χ3n) is 3.11. The van der Waals surface area contributed by atoms with Gasteiger partial charge >= 0.3 is 6.03 Å². The van der Waals surface area contributed by atoms with Gasteiger partial charge in [-0.25, -0.2) is 4.79 Å². The Morgan fingerprint density at radius 3 is 2.45 bits per heavy atom. The molecule has 0 aliphatic rings. The van der Waals surface area contributed by atoms with Gasteiger partial charge in [0, 0.05) is 15.7 Å². The number of nitrogens with one attached hydrogen (secondary N) is 2. The smallest absolute Gasteiger partial charge is 0.316 e. The first-order chi connectivity index (χ1) is 10.5. The number of halogens is 1. The Morgan fingerprint density at radius 1 is 1.14 bits per heavy atom. The zero-order valence-electron chi connectivity index (χ0n) is 12.0. The molecule has 0 aromatic heterocycles. The van der Waals surface area contributed by atoms with Crippen LogP contribution in [0.5, 0.6) is 0 Å². The van der Waals surface area contributed by atoms with Gasteiger partial charge in [0.2, 0.25) is 0 Å². The van der Waals surface area contributed by atoms with Gasteiger partial charge in [0.25, 0.3) is 5.91 Å². The number of anilines is 1. The molecule has 2 rings (SSSR count). The van der Waals surface area contributed by atoms with Crippen LogP contribution in [-0.2, 0) is 0 Å². The van der Waals surface area contributed by atoms with Crippen LogP contribution in [-0.4, -0.2) is 11.9 Å². The number of carbonyl (C=O) groups is 2. The number of hydrogen-bond donors (Lipinski definition) is 3. The Morgan fingerprint density at radius 2 is 1.82 bits per heavy atom. The van der Waals surface area contributed by atoms with Crippen LogP contribution in [0.4, 0.5) is 10.5 Å². The highest BCUT2D eigenvalue weighted by molar-refractivity contribution is 9.10. The van der Waals surface area contributed by atoms with Crippen LogP contribution in [0.25, 0.3) is 0 Å². The fourth-order valence-electron chi connectivity index (χ4n) is 2.00. The molecule has 5 nitrogen and oxygen atoms in total. The van der Waals surface area contributed by atoms with Gasteiger partial charge in [0.05, 0.1) is 6.04 Å². The lowest BCUT2D eigenvalue weighted by molar-refractivity contribution is 0.0940. The van der Waals surface area contributed by atoms with E-state index in [1.54, 1.807) is 24.3 Å². The summed E-state index contributed by atoms with van der Waals surface area (Å²) in [6.07, 6.45) is 0. The minimum atomic E-state index is -0.666. The monoisotopic (exact) mass is 361 g/mol. The van der Waals surface area contributed by atoms with Crippen molar-refractivity contribution in [3.63, 3.8) is 0 Å². The summed E-state index contributed by atoms with van der Waals surface area (Å²) < 4.78 is 0.986. The predicted octanol–water partition coefficient (Wildman–Crippen LogP) is 3.43. The normalized spacial score (nSPS) is 11.5. The molecule has 2 aromatic carbocycles. The van der Waals surface area contributed by atoms with Crippen LogP contribution in [0.3, 0.4) is 0 Å². The lowest BCUT2D eigenvalue weighted by atomic mass is 10.1. The van der Waals surface area contributed by atoms with E-state index in [9.17, 15) is 9.59 Å². The minimum absolute atomic E-state index is 0.131. The summed E-state index contributed by atoms with van der Waals surface area (Å²) in [4.78, 5) is 23.1. The van der Waals surface area contributed by atoms with Crippen molar-refractivity contribution in [1.29, 1.82) is 0 Å². The Balaban J connectivity index is 2.08. The summed E-state index contributed by atoms with van der Waals surface area (Å²) in [5.41, 5.74) is 7.00. The lowest BCUT2D eigenvalue weighted by Gasteiger charge is -2.15. The van der Waals surface area contributed by atoms with Gasteiger partial charge in [-0.3, -0.25) is 4.79 Å². The molecule has 4 N–H and O–H groups in total. The number of hydrogen-bond acceptors (Lipinski definition) is 2. The van der Waals surface area contributed by atoms with Crippen LogP contribution < -0.4 is 16.4 Å². The van der Waals surface area contributed by atoms with Gasteiger partial charge in [0.15, 0.2) is 0 Å². The molecule has 0 bridgehead atoms. The van der Waals surface area contributed by atoms with Crippen molar-refractivity contribution in [2.45, 2.75) is 13.0 Å².